The fourth-order valence-corrected chi connectivity index (χ4v) is 3.82. The third kappa shape index (κ3) is 10.6. The number of amides is 2. The van der Waals surface area contributed by atoms with E-state index < -0.39 is 22.9 Å². The first kappa shape index (κ1) is 31.1. The van der Waals surface area contributed by atoms with Crippen molar-refractivity contribution in [3.8, 4) is 0 Å². The highest BCUT2D eigenvalue weighted by Gasteiger charge is 2.54. The first-order chi connectivity index (χ1) is 18.7. The van der Waals surface area contributed by atoms with Gasteiger partial charge in [-0.2, -0.15) is 0 Å². The zero-order chi connectivity index (χ0) is 26.8. The number of hydrogen-bond acceptors (Lipinski definition) is 12. The molecule has 2 N–H and O–H groups in total. The number of carbonyl (C=O) groups excluding carboxylic acids is 2. The van der Waals surface area contributed by atoms with Crippen LogP contribution in [0.3, 0.4) is 0 Å². The van der Waals surface area contributed by atoms with Gasteiger partial charge in [-0.1, -0.05) is 0 Å². The fraction of sp³-hybridized carbons (Fsp3) is 0.917. The van der Waals surface area contributed by atoms with Crippen molar-refractivity contribution in [3.05, 3.63) is 0 Å². The molecule has 3 rings (SSSR count). The monoisotopic (exact) mass is 550 g/mol. The number of nitrogens with one attached hydrogen (secondary N) is 2. The third-order valence-corrected chi connectivity index (χ3v) is 5.94. The second kappa shape index (κ2) is 18.0. The molecule has 0 atom stereocenters. The van der Waals surface area contributed by atoms with Gasteiger partial charge >= 0.3 is 0 Å². The normalized spacial score (nSPS) is 26.8. The predicted octanol–water partition coefficient (Wildman–Crippen LogP) is -2.10. The number of hydrogen-bond donors (Lipinski definition) is 2. The van der Waals surface area contributed by atoms with Gasteiger partial charge in [0.2, 0.25) is 0 Å². The topological polar surface area (TPSA) is 150 Å². The van der Waals surface area contributed by atoms with Crippen LogP contribution < -0.4 is 10.6 Å². The standard InChI is InChI=1S/C24H42N2O12/c27-21-23(17-35-13-9-31-5-1-29-2-6-32-10-14-36-18-23)25-22(28)24(26-21)19-37-15-11-33-7-3-30-4-8-34-12-16-38-20-24/h1-20H2,(H,25,28)(H,26,27). The summed E-state index contributed by atoms with van der Waals surface area (Å²) in [5.74, 6) is -0.917. The molecule has 0 radical (unpaired) electrons. The van der Waals surface area contributed by atoms with Crippen molar-refractivity contribution in [3.63, 3.8) is 0 Å². The molecule has 3 fully saturated rings. The van der Waals surface area contributed by atoms with Crippen molar-refractivity contribution in [1.82, 2.24) is 10.6 Å². The second-order valence-corrected chi connectivity index (χ2v) is 8.96. The molecular formula is C24H42N2O12. The molecule has 3 heterocycles. The van der Waals surface area contributed by atoms with Crippen LogP contribution in [-0.4, -0.2) is 155 Å². The van der Waals surface area contributed by atoms with E-state index >= 15 is 0 Å². The molecule has 3 saturated heterocycles. The van der Waals surface area contributed by atoms with Gasteiger partial charge in [0.1, 0.15) is 0 Å². The highest BCUT2D eigenvalue weighted by atomic mass is 16.6. The molecule has 0 saturated carbocycles. The Morgan fingerprint density at radius 3 is 0.737 bits per heavy atom. The highest BCUT2D eigenvalue weighted by Crippen LogP contribution is 2.21. The van der Waals surface area contributed by atoms with Crippen LogP contribution in [0.15, 0.2) is 0 Å². The number of piperazine rings is 1. The van der Waals surface area contributed by atoms with Gasteiger partial charge in [-0.05, 0) is 0 Å². The Morgan fingerprint density at radius 2 is 0.526 bits per heavy atom. The average Bonchev–Trinajstić information content (AvgIpc) is 2.90. The maximum atomic E-state index is 13.6. The first-order valence-corrected chi connectivity index (χ1v) is 13.1. The summed E-state index contributed by atoms with van der Waals surface area (Å²) in [5, 5.41) is 5.71. The van der Waals surface area contributed by atoms with E-state index in [1.807, 2.05) is 0 Å². The number of ether oxygens (including phenoxy) is 10. The Hall–Kier alpha value is -1.46. The van der Waals surface area contributed by atoms with E-state index in [9.17, 15) is 9.59 Å². The SMILES string of the molecule is O=C1NC2(COCCOCCOCCOCCOC2)C(=O)NC12COCCOCCOCCOCCOC2. The maximum Gasteiger partial charge on any atom is 0.251 e. The lowest BCUT2D eigenvalue weighted by molar-refractivity contribution is -0.160. The molecule has 38 heavy (non-hydrogen) atoms. The minimum atomic E-state index is -1.44. The molecule has 14 nitrogen and oxygen atoms in total. The van der Waals surface area contributed by atoms with Crippen LogP contribution in [0.5, 0.6) is 0 Å². The summed E-state index contributed by atoms with van der Waals surface area (Å²) in [6, 6.07) is 0. The Labute approximate surface area is 223 Å². The van der Waals surface area contributed by atoms with Gasteiger partial charge in [-0.3, -0.25) is 9.59 Å². The summed E-state index contributed by atoms with van der Waals surface area (Å²) in [7, 11) is 0. The van der Waals surface area contributed by atoms with Crippen molar-refractivity contribution < 1.29 is 57.0 Å². The van der Waals surface area contributed by atoms with E-state index in [-0.39, 0.29) is 52.9 Å². The van der Waals surface area contributed by atoms with E-state index in [2.05, 4.69) is 10.6 Å². The van der Waals surface area contributed by atoms with Gasteiger partial charge in [0.15, 0.2) is 11.1 Å². The summed E-state index contributed by atoms with van der Waals surface area (Å²) >= 11 is 0. The van der Waals surface area contributed by atoms with Gasteiger partial charge < -0.3 is 58.0 Å². The van der Waals surface area contributed by atoms with Gasteiger partial charge in [-0.15, -0.1) is 0 Å². The zero-order valence-corrected chi connectivity index (χ0v) is 22.0. The van der Waals surface area contributed by atoms with Crippen LogP contribution in [0.4, 0.5) is 0 Å². The molecular weight excluding hydrogens is 508 g/mol. The lowest BCUT2D eigenvalue weighted by Gasteiger charge is -2.45. The van der Waals surface area contributed by atoms with Crippen molar-refractivity contribution in [1.29, 1.82) is 0 Å². The molecule has 0 aromatic rings. The van der Waals surface area contributed by atoms with Crippen LogP contribution in [0.2, 0.25) is 0 Å². The quantitative estimate of drug-likeness (QED) is 0.340. The molecule has 0 aromatic carbocycles. The summed E-state index contributed by atoms with van der Waals surface area (Å²) in [4.78, 5) is 27.1. The molecule has 14 heteroatoms. The molecule has 3 aliphatic rings. The Kier molecular flexibility index (Phi) is 14.7. The molecule has 0 unspecified atom stereocenters. The van der Waals surface area contributed by atoms with Crippen LogP contribution in [0, 0.1) is 0 Å². The lowest BCUT2D eigenvalue weighted by Crippen LogP contribution is -2.80. The Balaban J connectivity index is 1.64. The molecule has 2 amide bonds. The molecule has 0 aliphatic carbocycles. The predicted molar refractivity (Wildman–Crippen MR) is 130 cm³/mol. The van der Waals surface area contributed by atoms with Crippen molar-refractivity contribution >= 4 is 11.8 Å². The van der Waals surface area contributed by atoms with Crippen LogP contribution in [-0.2, 0) is 57.0 Å². The summed E-state index contributed by atoms with van der Waals surface area (Å²) in [6.45, 7) is 5.22. The van der Waals surface area contributed by atoms with E-state index in [0.717, 1.165) is 0 Å². The maximum absolute atomic E-state index is 13.6. The smallest absolute Gasteiger partial charge is 0.251 e. The molecule has 3 aliphatic heterocycles. The average molecular weight is 551 g/mol. The van der Waals surface area contributed by atoms with E-state index in [1.54, 1.807) is 0 Å². The molecule has 0 aromatic heterocycles. The number of carbonyl (C=O) groups is 2. The number of rotatable bonds is 0. The first-order valence-electron chi connectivity index (χ1n) is 13.1. The van der Waals surface area contributed by atoms with Crippen LogP contribution in [0.1, 0.15) is 0 Å². The van der Waals surface area contributed by atoms with Gasteiger partial charge in [-0.25, -0.2) is 0 Å². The van der Waals surface area contributed by atoms with Gasteiger partial charge in [0.05, 0.1) is 132 Å². The highest BCUT2D eigenvalue weighted by molar-refractivity contribution is 6.02. The molecule has 2 spiro atoms. The Bertz CT molecular complexity index is 595. The van der Waals surface area contributed by atoms with Gasteiger partial charge in [0.25, 0.3) is 11.8 Å². The minimum Gasteiger partial charge on any atom is -0.377 e. The Morgan fingerprint density at radius 1 is 0.342 bits per heavy atom. The molecule has 220 valence electrons. The summed E-state index contributed by atoms with van der Waals surface area (Å²) in [5.41, 5.74) is -2.88. The minimum absolute atomic E-state index is 0.104. The largest absolute Gasteiger partial charge is 0.377 e. The van der Waals surface area contributed by atoms with Crippen molar-refractivity contribution in [2.24, 2.45) is 0 Å². The van der Waals surface area contributed by atoms with Crippen LogP contribution in [0.25, 0.3) is 0 Å². The van der Waals surface area contributed by atoms with Crippen LogP contribution >= 0.6 is 0 Å². The molecule has 0 bridgehead atoms. The third-order valence-electron chi connectivity index (χ3n) is 5.94. The van der Waals surface area contributed by atoms with E-state index in [0.29, 0.717) is 79.3 Å². The lowest BCUT2D eigenvalue weighted by atomic mass is 9.89. The van der Waals surface area contributed by atoms with Crippen molar-refractivity contribution in [2.45, 2.75) is 11.1 Å². The fourth-order valence-electron chi connectivity index (χ4n) is 3.82. The summed E-state index contributed by atoms with van der Waals surface area (Å²) in [6.07, 6.45) is 0. The van der Waals surface area contributed by atoms with E-state index in [1.165, 1.54) is 0 Å². The van der Waals surface area contributed by atoms with Crippen molar-refractivity contribution in [2.75, 3.05) is 132 Å². The van der Waals surface area contributed by atoms with E-state index in [4.69, 9.17) is 47.4 Å². The second-order valence-electron chi connectivity index (χ2n) is 8.96. The summed E-state index contributed by atoms with van der Waals surface area (Å²) < 4.78 is 55.6. The van der Waals surface area contributed by atoms with Gasteiger partial charge in [0, 0.05) is 0 Å². The zero-order valence-electron chi connectivity index (χ0n) is 22.0.